The van der Waals surface area contributed by atoms with Gasteiger partial charge in [0.2, 0.25) is 0 Å². The van der Waals surface area contributed by atoms with Crippen molar-refractivity contribution in [3.8, 4) is 11.1 Å². The Bertz CT molecular complexity index is 948. The highest BCUT2D eigenvalue weighted by molar-refractivity contribution is 6.33. The number of hydrogen-bond acceptors (Lipinski definition) is 3. The second-order valence-corrected chi connectivity index (χ2v) is 7.30. The summed E-state index contributed by atoms with van der Waals surface area (Å²) in [5.74, 6) is 0.506. The minimum Gasteiger partial charge on any atom is -0.316 e. The van der Waals surface area contributed by atoms with Gasteiger partial charge in [0, 0.05) is 22.4 Å². The van der Waals surface area contributed by atoms with Gasteiger partial charge < -0.3 is 5.32 Å². The number of para-hydroxylation sites is 1. The highest BCUT2D eigenvalue weighted by Crippen LogP contribution is 2.34. The predicted molar refractivity (Wildman–Crippen MR) is 107 cm³/mol. The van der Waals surface area contributed by atoms with Crippen LogP contribution in [0.25, 0.3) is 22.0 Å². The molecule has 3 nitrogen and oxygen atoms in total. The Hall–Kier alpha value is -2.23. The lowest BCUT2D eigenvalue weighted by molar-refractivity contribution is 0.0949. The molecule has 1 aliphatic heterocycles. The van der Waals surface area contributed by atoms with Gasteiger partial charge in [-0.2, -0.15) is 0 Å². The van der Waals surface area contributed by atoms with Crippen molar-refractivity contribution in [2.24, 2.45) is 5.92 Å². The van der Waals surface area contributed by atoms with Crippen molar-refractivity contribution < 1.29 is 4.79 Å². The standard InChI is InChI=1S/C22H21ClN2O/c23-19-9-3-1-7-16(19)18-13-21(25-20-10-4-2-8-17(18)20)22(26)12-15-6-5-11-24-14-15/h1-4,7-10,13,15,24H,5-6,11-12,14H2. The summed E-state index contributed by atoms with van der Waals surface area (Å²) in [5, 5.41) is 5.07. The molecule has 1 saturated heterocycles. The number of carbonyl (C=O) groups is 1. The van der Waals surface area contributed by atoms with E-state index in [2.05, 4.69) is 10.3 Å². The van der Waals surface area contributed by atoms with Gasteiger partial charge in [-0.25, -0.2) is 4.98 Å². The van der Waals surface area contributed by atoms with E-state index in [0.29, 0.717) is 23.1 Å². The fraction of sp³-hybridized carbons (Fsp3) is 0.273. The first-order valence-corrected chi connectivity index (χ1v) is 9.49. The highest BCUT2D eigenvalue weighted by atomic mass is 35.5. The molecule has 26 heavy (non-hydrogen) atoms. The van der Waals surface area contributed by atoms with Crippen LogP contribution < -0.4 is 5.32 Å². The predicted octanol–water partition coefficient (Wildman–Crippen LogP) is 5.13. The lowest BCUT2D eigenvalue weighted by atomic mass is 9.92. The maximum absolute atomic E-state index is 12.9. The molecule has 2 aromatic carbocycles. The normalized spacial score (nSPS) is 17.3. The lowest BCUT2D eigenvalue weighted by Gasteiger charge is -2.22. The number of nitrogens with zero attached hydrogens (tertiary/aromatic N) is 1. The molecule has 1 aliphatic rings. The van der Waals surface area contributed by atoms with Crippen LogP contribution in [0.15, 0.2) is 54.6 Å². The molecule has 0 amide bonds. The first-order valence-electron chi connectivity index (χ1n) is 9.11. The highest BCUT2D eigenvalue weighted by Gasteiger charge is 2.20. The van der Waals surface area contributed by atoms with E-state index in [1.807, 2.05) is 54.6 Å². The van der Waals surface area contributed by atoms with Crippen molar-refractivity contribution >= 4 is 28.3 Å². The summed E-state index contributed by atoms with van der Waals surface area (Å²) < 4.78 is 0. The van der Waals surface area contributed by atoms with Crippen LogP contribution in [0.5, 0.6) is 0 Å². The molecule has 1 atom stereocenters. The van der Waals surface area contributed by atoms with Crippen LogP contribution in [0.2, 0.25) is 5.02 Å². The van der Waals surface area contributed by atoms with Crippen molar-refractivity contribution in [3.63, 3.8) is 0 Å². The van der Waals surface area contributed by atoms with Crippen LogP contribution in [0.3, 0.4) is 0 Å². The number of piperidine rings is 1. The number of pyridine rings is 1. The fourth-order valence-corrected chi connectivity index (χ4v) is 3.92. The average Bonchev–Trinajstić information content (AvgIpc) is 2.68. The number of aromatic nitrogens is 1. The quantitative estimate of drug-likeness (QED) is 0.653. The molecule has 1 fully saturated rings. The van der Waals surface area contributed by atoms with Crippen LogP contribution in [-0.2, 0) is 0 Å². The molecule has 1 unspecified atom stereocenters. The number of nitrogens with one attached hydrogen (secondary N) is 1. The van der Waals surface area contributed by atoms with Gasteiger partial charge in [0.15, 0.2) is 5.78 Å². The van der Waals surface area contributed by atoms with E-state index in [1.165, 1.54) is 0 Å². The zero-order valence-electron chi connectivity index (χ0n) is 14.5. The van der Waals surface area contributed by atoms with E-state index in [-0.39, 0.29) is 5.78 Å². The van der Waals surface area contributed by atoms with Crippen LogP contribution >= 0.6 is 11.6 Å². The van der Waals surface area contributed by atoms with Crippen molar-refractivity contribution in [3.05, 3.63) is 65.3 Å². The summed E-state index contributed by atoms with van der Waals surface area (Å²) in [6, 6.07) is 17.6. The molecule has 0 spiro atoms. The molecule has 1 aromatic heterocycles. The van der Waals surface area contributed by atoms with E-state index < -0.39 is 0 Å². The number of hydrogen-bond donors (Lipinski definition) is 1. The SMILES string of the molecule is O=C(CC1CCCNC1)c1cc(-c2ccccc2Cl)c2ccccc2n1. The Kier molecular flexibility index (Phi) is 5.00. The molecule has 0 aliphatic carbocycles. The van der Waals surface area contributed by atoms with Gasteiger partial charge in [-0.3, -0.25) is 4.79 Å². The molecule has 3 aromatic rings. The third-order valence-corrected chi connectivity index (χ3v) is 5.37. The third-order valence-electron chi connectivity index (χ3n) is 5.04. The second-order valence-electron chi connectivity index (χ2n) is 6.89. The third kappa shape index (κ3) is 3.50. The summed E-state index contributed by atoms with van der Waals surface area (Å²) in [6.45, 7) is 1.96. The number of Topliss-reactive ketones (excluding diaryl/α,β-unsaturated/α-hetero) is 1. The summed E-state index contributed by atoms with van der Waals surface area (Å²) in [7, 11) is 0. The van der Waals surface area contributed by atoms with E-state index in [0.717, 1.165) is 48.0 Å². The number of carbonyl (C=O) groups excluding carboxylic acids is 1. The number of rotatable bonds is 4. The summed E-state index contributed by atoms with van der Waals surface area (Å²) in [6.07, 6.45) is 2.78. The first-order chi connectivity index (χ1) is 12.7. The summed E-state index contributed by atoms with van der Waals surface area (Å²) in [4.78, 5) is 17.5. The number of fused-ring (bicyclic) bond motifs is 1. The average molecular weight is 365 g/mol. The van der Waals surface area contributed by atoms with Gasteiger partial charge in [-0.1, -0.05) is 48.0 Å². The second kappa shape index (κ2) is 7.56. The number of halogens is 1. The number of ketones is 1. The van der Waals surface area contributed by atoms with Crippen molar-refractivity contribution in [1.29, 1.82) is 0 Å². The summed E-state index contributed by atoms with van der Waals surface area (Å²) in [5.41, 5.74) is 3.26. The molecular formula is C22H21ClN2O. The molecule has 0 bridgehead atoms. The van der Waals surface area contributed by atoms with Crippen LogP contribution in [0, 0.1) is 5.92 Å². The molecule has 4 heteroatoms. The Morgan fingerprint density at radius 3 is 2.73 bits per heavy atom. The lowest BCUT2D eigenvalue weighted by Crippen LogP contribution is -2.31. The van der Waals surface area contributed by atoms with E-state index in [9.17, 15) is 4.79 Å². The van der Waals surface area contributed by atoms with Crippen molar-refractivity contribution in [1.82, 2.24) is 10.3 Å². The maximum atomic E-state index is 12.9. The topological polar surface area (TPSA) is 42.0 Å². The van der Waals surface area contributed by atoms with Gasteiger partial charge in [0.05, 0.1) is 5.52 Å². The zero-order valence-corrected chi connectivity index (χ0v) is 15.3. The Labute approximate surface area is 158 Å². The molecular weight excluding hydrogens is 344 g/mol. The molecule has 1 N–H and O–H groups in total. The van der Waals surface area contributed by atoms with E-state index in [1.54, 1.807) is 0 Å². The minimum atomic E-state index is 0.109. The Morgan fingerprint density at radius 2 is 1.92 bits per heavy atom. The molecule has 0 radical (unpaired) electrons. The van der Waals surface area contributed by atoms with Crippen LogP contribution in [0.1, 0.15) is 29.8 Å². The van der Waals surface area contributed by atoms with Gasteiger partial charge >= 0.3 is 0 Å². The van der Waals surface area contributed by atoms with Crippen molar-refractivity contribution in [2.75, 3.05) is 13.1 Å². The Morgan fingerprint density at radius 1 is 1.12 bits per heavy atom. The first kappa shape index (κ1) is 17.2. The largest absolute Gasteiger partial charge is 0.316 e. The molecule has 132 valence electrons. The Balaban J connectivity index is 1.76. The minimum absolute atomic E-state index is 0.109. The molecule has 0 saturated carbocycles. The number of benzene rings is 2. The van der Waals surface area contributed by atoms with Gasteiger partial charge in [-0.05, 0) is 55.6 Å². The van der Waals surface area contributed by atoms with E-state index in [4.69, 9.17) is 11.6 Å². The monoisotopic (exact) mass is 364 g/mol. The summed E-state index contributed by atoms with van der Waals surface area (Å²) >= 11 is 6.43. The molecule has 4 rings (SSSR count). The van der Waals surface area contributed by atoms with Crippen LogP contribution in [0.4, 0.5) is 0 Å². The van der Waals surface area contributed by atoms with Crippen LogP contribution in [-0.4, -0.2) is 23.9 Å². The fourth-order valence-electron chi connectivity index (χ4n) is 3.69. The van der Waals surface area contributed by atoms with Crippen molar-refractivity contribution in [2.45, 2.75) is 19.3 Å². The smallest absolute Gasteiger partial charge is 0.181 e. The maximum Gasteiger partial charge on any atom is 0.181 e. The van der Waals surface area contributed by atoms with E-state index >= 15 is 0 Å². The van der Waals surface area contributed by atoms with Gasteiger partial charge in [-0.15, -0.1) is 0 Å². The van der Waals surface area contributed by atoms with Gasteiger partial charge in [0.25, 0.3) is 0 Å². The van der Waals surface area contributed by atoms with Gasteiger partial charge in [0.1, 0.15) is 5.69 Å². The zero-order chi connectivity index (χ0) is 17.9. The molecule has 2 heterocycles.